The zero-order chi connectivity index (χ0) is 30.4. The molecule has 1 rings (SSSR count). The zero-order valence-electron chi connectivity index (χ0n) is 29.0. The number of rotatable bonds is 32. The Balaban J connectivity index is 1.97. The molecule has 0 aromatic carbocycles. The minimum atomic E-state index is 0.399. The third kappa shape index (κ3) is 20.7. The van der Waals surface area contributed by atoms with Crippen molar-refractivity contribution >= 4 is 5.91 Å². The van der Waals surface area contributed by atoms with Gasteiger partial charge in [0.15, 0.2) is 0 Å². The van der Waals surface area contributed by atoms with Crippen LogP contribution < -0.4 is 0 Å². The Kier molecular flexibility index (Phi) is 26.5. The van der Waals surface area contributed by atoms with Crippen LogP contribution in [-0.2, 0) is 4.79 Å². The van der Waals surface area contributed by atoms with E-state index in [0.29, 0.717) is 10.4 Å². The number of amides is 1. The average molecular weight is 585 g/mol. The minimum Gasteiger partial charge on any atom is -0.230 e. The molecule has 1 aliphatic rings. The Morgan fingerprint density at radius 2 is 0.738 bits per heavy atom. The maximum absolute atomic E-state index is 12.8. The van der Waals surface area contributed by atoms with E-state index in [9.17, 15) is 4.79 Å². The van der Waals surface area contributed by atoms with Crippen LogP contribution in [0.4, 0.5) is 0 Å². The number of allylic oxidation sites excluding steroid dienone is 4. The Bertz CT molecular complexity index is 660. The first kappa shape index (κ1) is 38.9. The summed E-state index contributed by atoms with van der Waals surface area (Å²) in [6, 6.07) is 0. The molecule has 0 saturated carbocycles. The molecule has 0 N–H and O–H groups in total. The number of nitrogens with zero attached hydrogens (tertiary/aromatic N) is 1. The number of carbonyl (C=O) groups excluding carboxylic acids is 1. The lowest BCUT2D eigenvalue weighted by Crippen LogP contribution is -2.56. The van der Waals surface area contributed by atoms with Crippen LogP contribution in [0.2, 0.25) is 0 Å². The lowest BCUT2D eigenvalue weighted by molar-refractivity contribution is -0.814. The smallest absolute Gasteiger partial charge is 0.230 e. The van der Waals surface area contributed by atoms with Gasteiger partial charge in [0.1, 0.15) is 11.8 Å². The summed E-state index contributed by atoms with van der Waals surface area (Å²) in [7, 11) is 0. The third-order valence-corrected chi connectivity index (χ3v) is 9.32. The maximum atomic E-state index is 12.8. The summed E-state index contributed by atoms with van der Waals surface area (Å²) < 4.78 is 0.651. The molecular weight excluding hydrogens is 510 g/mol. The van der Waals surface area contributed by atoms with Gasteiger partial charge in [-0.3, -0.25) is 0 Å². The minimum absolute atomic E-state index is 0.399. The molecule has 0 fully saturated rings. The quantitative estimate of drug-likeness (QED) is 0.0436. The molecular formula is C40H74NO+. The van der Waals surface area contributed by atoms with E-state index in [1.165, 1.54) is 180 Å². The van der Waals surface area contributed by atoms with Crippen molar-refractivity contribution < 1.29 is 9.28 Å². The van der Waals surface area contributed by atoms with Crippen LogP contribution in [0.25, 0.3) is 0 Å². The van der Waals surface area contributed by atoms with Gasteiger partial charge in [0.05, 0.1) is 13.1 Å². The summed E-state index contributed by atoms with van der Waals surface area (Å²) >= 11 is 0. The van der Waals surface area contributed by atoms with Crippen LogP contribution in [-0.4, -0.2) is 23.5 Å². The Morgan fingerprint density at radius 3 is 1.02 bits per heavy atom. The van der Waals surface area contributed by atoms with Crippen LogP contribution in [0.3, 0.4) is 0 Å². The second-order valence-electron chi connectivity index (χ2n) is 13.5. The van der Waals surface area contributed by atoms with Crippen LogP contribution in [0.5, 0.6) is 0 Å². The Morgan fingerprint density at radius 1 is 0.452 bits per heavy atom. The molecule has 1 aliphatic heterocycles. The van der Waals surface area contributed by atoms with Crippen LogP contribution >= 0.6 is 0 Å². The molecule has 0 radical (unpaired) electrons. The van der Waals surface area contributed by atoms with E-state index in [1.807, 2.05) is 6.92 Å². The number of hydrogen-bond acceptors (Lipinski definition) is 1. The molecule has 0 aromatic heterocycles. The summed E-state index contributed by atoms with van der Waals surface area (Å²) in [5.41, 5.74) is 0.990. The van der Waals surface area contributed by atoms with Gasteiger partial charge in [0, 0.05) is 0 Å². The van der Waals surface area contributed by atoms with Gasteiger partial charge in [-0.05, 0) is 84.0 Å². The van der Waals surface area contributed by atoms with Crippen molar-refractivity contribution in [1.29, 1.82) is 0 Å². The standard InChI is InChI=1S/C40H74NO/c1-4-6-8-10-12-14-16-18-20-22-24-26-28-30-32-34-36-41(38-39(3)40(41)42)37-35-33-31-29-27-25-23-21-19-17-15-13-11-9-7-5-2/h18-21,38H,4-17,22-37H2,1-3H3/q+1/b20-18-,21-19-. The van der Waals surface area contributed by atoms with Crippen LogP contribution in [0.15, 0.2) is 36.1 Å². The normalized spacial score (nSPS) is 14.7. The number of quaternary nitrogens is 1. The summed E-state index contributed by atoms with van der Waals surface area (Å²) in [5, 5.41) is 0. The van der Waals surface area contributed by atoms with Gasteiger partial charge in [0.2, 0.25) is 0 Å². The molecule has 0 aromatic rings. The lowest BCUT2D eigenvalue weighted by Gasteiger charge is -2.38. The molecule has 0 spiro atoms. The van der Waals surface area contributed by atoms with E-state index in [1.54, 1.807) is 0 Å². The first-order chi connectivity index (χ1) is 20.7. The van der Waals surface area contributed by atoms with Crippen molar-refractivity contribution in [2.45, 2.75) is 201 Å². The van der Waals surface area contributed by atoms with Gasteiger partial charge in [0.25, 0.3) is 0 Å². The van der Waals surface area contributed by atoms with Crippen molar-refractivity contribution in [1.82, 2.24) is 0 Å². The first-order valence-electron chi connectivity index (χ1n) is 19.1. The summed E-state index contributed by atoms with van der Waals surface area (Å²) in [6.45, 7) is 8.64. The predicted molar refractivity (Wildman–Crippen MR) is 188 cm³/mol. The second kappa shape index (κ2) is 28.6. The Labute approximate surface area is 264 Å². The molecule has 2 heteroatoms. The van der Waals surface area contributed by atoms with Crippen molar-refractivity contribution in [3.05, 3.63) is 36.1 Å². The highest BCUT2D eigenvalue weighted by atomic mass is 16.2. The molecule has 244 valence electrons. The molecule has 1 heterocycles. The van der Waals surface area contributed by atoms with Gasteiger partial charge in [-0.2, -0.15) is 0 Å². The van der Waals surface area contributed by atoms with Crippen molar-refractivity contribution in [3.63, 3.8) is 0 Å². The average Bonchev–Trinajstić information content (AvgIpc) is 3.00. The third-order valence-electron chi connectivity index (χ3n) is 9.32. The Hall–Kier alpha value is -1.15. The molecule has 0 atom stereocenters. The highest BCUT2D eigenvalue weighted by Gasteiger charge is 2.44. The van der Waals surface area contributed by atoms with E-state index in [-0.39, 0.29) is 0 Å². The summed E-state index contributed by atoms with van der Waals surface area (Å²) in [4.78, 5) is 12.8. The highest BCUT2D eigenvalue weighted by Crippen LogP contribution is 2.28. The van der Waals surface area contributed by atoms with E-state index in [2.05, 4.69) is 44.4 Å². The van der Waals surface area contributed by atoms with Crippen LogP contribution in [0, 0.1) is 0 Å². The van der Waals surface area contributed by atoms with E-state index in [0.717, 1.165) is 18.7 Å². The summed E-state index contributed by atoms with van der Waals surface area (Å²) in [6.07, 6.45) is 49.4. The van der Waals surface area contributed by atoms with Gasteiger partial charge in [-0.1, -0.05) is 141 Å². The van der Waals surface area contributed by atoms with Crippen molar-refractivity contribution in [3.8, 4) is 0 Å². The topological polar surface area (TPSA) is 17.1 Å². The first-order valence-corrected chi connectivity index (χ1v) is 19.1. The highest BCUT2D eigenvalue weighted by molar-refractivity contribution is 5.92. The van der Waals surface area contributed by atoms with Crippen molar-refractivity contribution in [2.75, 3.05) is 13.1 Å². The molecule has 0 bridgehead atoms. The van der Waals surface area contributed by atoms with E-state index < -0.39 is 0 Å². The van der Waals surface area contributed by atoms with Gasteiger partial charge < -0.3 is 0 Å². The molecule has 0 saturated heterocycles. The van der Waals surface area contributed by atoms with Gasteiger partial charge in [-0.15, -0.1) is 0 Å². The molecule has 42 heavy (non-hydrogen) atoms. The van der Waals surface area contributed by atoms with E-state index >= 15 is 0 Å². The fourth-order valence-electron chi connectivity index (χ4n) is 6.50. The number of unbranched alkanes of at least 4 members (excludes halogenated alkanes) is 24. The zero-order valence-corrected chi connectivity index (χ0v) is 29.0. The molecule has 1 amide bonds. The van der Waals surface area contributed by atoms with Crippen LogP contribution in [0.1, 0.15) is 201 Å². The number of carbonyl (C=O) groups is 1. The molecule has 0 aliphatic carbocycles. The summed E-state index contributed by atoms with van der Waals surface area (Å²) in [5.74, 6) is 0.399. The second-order valence-corrected chi connectivity index (χ2v) is 13.5. The van der Waals surface area contributed by atoms with Crippen molar-refractivity contribution in [2.24, 2.45) is 0 Å². The molecule has 0 unspecified atom stereocenters. The predicted octanol–water partition coefficient (Wildman–Crippen LogP) is 13.3. The largest absolute Gasteiger partial charge is 0.351 e. The fraction of sp³-hybridized carbons (Fsp3) is 0.825. The van der Waals surface area contributed by atoms with E-state index in [4.69, 9.17) is 0 Å². The molecule has 2 nitrogen and oxygen atoms in total. The van der Waals surface area contributed by atoms with Gasteiger partial charge in [-0.25, -0.2) is 9.28 Å². The maximum Gasteiger partial charge on any atom is 0.351 e. The number of hydrogen-bond donors (Lipinski definition) is 0. The fourth-order valence-corrected chi connectivity index (χ4v) is 6.50. The SMILES string of the molecule is CCCCCCCC/C=C\CCCCCCCC[N+]1(CCCCCCCC/C=C\CCCCCCCC)C=C(C)C1=O. The lowest BCUT2D eigenvalue weighted by atomic mass is 10.0. The van der Waals surface area contributed by atoms with Gasteiger partial charge >= 0.3 is 5.91 Å². The monoisotopic (exact) mass is 585 g/mol.